The van der Waals surface area contributed by atoms with Crippen molar-refractivity contribution in [2.24, 2.45) is 5.92 Å². The predicted octanol–water partition coefficient (Wildman–Crippen LogP) is 3.07. The van der Waals surface area contributed by atoms with Gasteiger partial charge in [0.05, 0.1) is 18.7 Å². The molecule has 1 N–H and O–H groups in total. The van der Waals surface area contributed by atoms with Gasteiger partial charge in [-0.15, -0.1) is 11.8 Å². The van der Waals surface area contributed by atoms with Crippen LogP contribution in [0.25, 0.3) is 0 Å². The second-order valence-corrected chi connectivity index (χ2v) is 7.37. The highest BCUT2D eigenvalue weighted by atomic mass is 32.2. The molecule has 138 valence electrons. The largest absolute Gasteiger partial charge is 0.467 e. The molecule has 26 heavy (non-hydrogen) atoms. The summed E-state index contributed by atoms with van der Waals surface area (Å²) in [6, 6.07) is 9.97. The van der Waals surface area contributed by atoms with Crippen LogP contribution in [-0.2, 0) is 16.1 Å². The van der Waals surface area contributed by atoms with Gasteiger partial charge >= 0.3 is 0 Å². The molecule has 1 aromatic carbocycles. The molecule has 1 atom stereocenters. The molecular formula is C19H21FN2O3S. The van der Waals surface area contributed by atoms with Crippen LogP contribution in [0.2, 0.25) is 0 Å². The molecule has 7 heteroatoms. The highest BCUT2D eigenvalue weighted by Crippen LogP contribution is 2.21. The van der Waals surface area contributed by atoms with Crippen molar-refractivity contribution in [2.45, 2.75) is 24.3 Å². The molecule has 2 heterocycles. The smallest absolute Gasteiger partial charge is 0.225 e. The topological polar surface area (TPSA) is 62.6 Å². The lowest BCUT2D eigenvalue weighted by molar-refractivity contribution is -0.129. The first-order valence-electron chi connectivity index (χ1n) is 8.58. The summed E-state index contributed by atoms with van der Waals surface area (Å²) < 4.78 is 18.1. The zero-order chi connectivity index (χ0) is 18.4. The van der Waals surface area contributed by atoms with Crippen LogP contribution in [0, 0.1) is 11.7 Å². The minimum atomic E-state index is -0.304. The third-order valence-corrected chi connectivity index (χ3v) is 5.31. The Morgan fingerprint density at radius 3 is 2.85 bits per heavy atom. The fourth-order valence-corrected chi connectivity index (χ4v) is 3.69. The van der Waals surface area contributed by atoms with Gasteiger partial charge in [-0.25, -0.2) is 4.39 Å². The first-order valence-corrected chi connectivity index (χ1v) is 9.56. The summed E-state index contributed by atoms with van der Waals surface area (Å²) in [4.78, 5) is 27.0. The Kier molecular flexibility index (Phi) is 6.33. The molecule has 0 spiro atoms. The van der Waals surface area contributed by atoms with E-state index < -0.39 is 0 Å². The molecule has 1 aliphatic rings. The van der Waals surface area contributed by atoms with Gasteiger partial charge in [-0.3, -0.25) is 9.59 Å². The number of carbonyl (C=O) groups excluding carboxylic acids is 2. The molecule has 3 rings (SSSR count). The van der Waals surface area contributed by atoms with Crippen molar-refractivity contribution < 1.29 is 18.4 Å². The van der Waals surface area contributed by atoms with E-state index in [0.29, 0.717) is 19.6 Å². The number of benzene rings is 1. The van der Waals surface area contributed by atoms with Crippen molar-refractivity contribution in [1.82, 2.24) is 10.2 Å². The molecule has 0 saturated carbocycles. The number of likely N-dealkylation sites (tertiary alicyclic amines) is 1. The van der Waals surface area contributed by atoms with E-state index in [-0.39, 0.29) is 30.0 Å². The highest BCUT2D eigenvalue weighted by molar-refractivity contribution is 7.99. The number of halogens is 1. The van der Waals surface area contributed by atoms with Gasteiger partial charge in [0.2, 0.25) is 11.8 Å². The normalized spacial score (nSPS) is 16.9. The Morgan fingerprint density at radius 1 is 1.31 bits per heavy atom. The molecule has 1 saturated heterocycles. The van der Waals surface area contributed by atoms with Crippen molar-refractivity contribution >= 4 is 23.6 Å². The second kappa shape index (κ2) is 8.89. The van der Waals surface area contributed by atoms with Gasteiger partial charge in [-0.1, -0.05) is 0 Å². The van der Waals surface area contributed by atoms with Gasteiger partial charge in [0.1, 0.15) is 11.6 Å². The minimum Gasteiger partial charge on any atom is -0.467 e. The number of carbonyl (C=O) groups is 2. The second-order valence-electron chi connectivity index (χ2n) is 6.20. The standard InChI is InChI=1S/C19H21FN2O3S/c20-15-4-6-17(7-5-15)26-10-2-8-21-19(24)14-11-18(23)22(12-14)13-16-3-1-9-25-16/h1,3-7,9,14H,2,8,10-13H2,(H,21,24). The molecule has 2 aromatic rings. The van der Waals surface area contributed by atoms with E-state index in [0.717, 1.165) is 22.8 Å². The number of thioether (sulfide) groups is 1. The zero-order valence-electron chi connectivity index (χ0n) is 14.3. The number of rotatable bonds is 8. The van der Waals surface area contributed by atoms with Crippen LogP contribution < -0.4 is 5.32 Å². The molecule has 0 radical (unpaired) electrons. The van der Waals surface area contributed by atoms with Crippen molar-refractivity contribution in [3.05, 3.63) is 54.2 Å². The van der Waals surface area contributed by atoms with Crippen LogP contribution in [0.1, 0.15) is 18.6 Å². The number of furan rings is 1. The van der Waals surface area contributed by atoms with Crippen LogP contribution in [0.4, 0.5) is 4.39 Å². The van der Waals surface area contributed by atoms with Crippen LogP contribution >= 0.6 is 11.8 Å². The molecule has 0 aliphatic carbocycles. The summed E-state index contributed by atoms with van der Waals surface area (Å²) >= 11 is 1.63. The number of amides is 2. The molecule has 1 fully saturated rings. The van der Waals surface area contributed by atoms with Gasteiger partial charge in [0, 0.05) is 24.4 Å². The van der Waals surface area contributed by atoms with Crippen LogP contribution in [-0.4, -0.2) is 35.6 Å². The van der Waals surface area contributed by atoms with Crippen molar-refractivity contribution in [3.63, 3.8) is 0 Å². The summed E-state index contributed by atoms with van der Waals surface area (Å²) in [5.41, 5.74) is 0. The van der Waals surface area contributed by atoms with Crippen LogP contribution in [0.15, 0.2) is 52.0 Å². The maximum atomic E-state index is 12.8. The van der Waals surface area contributed by atoms with Gasteiger partial charge < -0.3 is 14.6 Å². The summed E-state index contributed by atoms with van der Waals surface area (Å²) in [6.45, 7) is 1.40. The van der Waals surface area contributed by atoms with E-state index in [2.05, 4.69) is 5.32 Å². The lowest BCUT2D eigenvalue weighted by Crippen LogP contribution is -2.33. The Balaban J connectivity index is 1.34. The Hall–Kier alpha value is -2.28. The Labute approximate surface area is 155 Å². The van der Waals surface area contributed by atoms with E-state index in [1.807, 2.05) is 6.07 Å². The quantitative estimate of drug-likeness (QED) is 0.568. The van der Waals surface area contributed by atoms with E-state index in [1.165, 1.54) is 12.1 Å². The monoisotopic (exact) mass is 376 g/mol. The lowest BCUT2D eigenvalue weighted by atomic mass is 10.1. The summed E-state index contributed by atoms with van der Waals surface area (Å²) in [6.07, 6.45) is 2.63. The zero-order valence-corrected chi connectivity index (χ0v) is 15.1. The van der Waals surface area contributed by atoms with Gasteiger partial charge in [-0.05, 0) is 48.6 Å². The van der Waals surface area contributed by atoms with E-state index in [1.54, 1.807) is 41.1 Å². The highest BCUT2D eigenvalue weighted by Gasteiger charge is 2.34. The molecule has 5 nitrogen and oxygen atoms in total. The molecule has 1 unspecified atom stereocenters. The molecule has 0 bridgehead atoms. The third-order valence-electron chi connectivity index (χ3n) is 4.21. The summed E-state index contributed by atoms with van der Waals surface area (Å²) in [7, 11) is 0. The number of hydrogen-bond donors (Lipinski definition) is 1. The first-order chi connectivity index (χ1) is 12.6. The molecule has 1 aromatic heterocycles. The van der Waals surface area contributed by atoms with Crippen molar-refractivity contribution in [3.8, 4) is 0 Å². The van der Waals surface area contributed by atoms with E-state index in [9.17, 15) is 14.0 Å². The van der Waals surface area contributed by atoms with Crippen molar-refractivity contribution in [1.29, 1.82) is 0 Å². The maximum absolute atomic E-state index is 12.8. The van der Waals surface area contributed by atoms with Gasteiger partial charge in [0.25, 0.3) is 0 Å². The van der Waals surface area contributed by atoms with Crippen molar-refractivity contribution in [2.75, 3.05) is 18.8 Å². The fraction of sp³-hybridized carbons (Fsp3) is 0.368. The number of nitrogens with one attached hydrogen (secondary N) is 1. The average Bonchev–Trinajstić information content (AvgIpc) is 3.27. The Morgan fingerprint density at radius 2 is 2.12 bits per heavy atom. The first kappa shape index (κ1) is 18.5. The minimum absolute atomic E-state index is 0.0200. The predicted molar refractivity (Wildman–Crippen MR) is 97.0 cm³/mol. The van der Waals surface area contributed by atoms with Crippen LogP contribution in [0.5, 0.6) is 0 Å². The van der Waals surface area contributed by atoms with Gasteiger partial charge in [-0.2, -0.15) is 0 Å². The number of nitrogens with zero attached hydrogens (tertiary/aromatic N) is 1. The fourth-order valence-electron chi connectivity index (χ4n) is 2.84. The molecule has 1 aliphatic heterocycles. The molecule has 2 amide bonds. The van der Waals surface area contributed by atoms with Gasteiger partial charge in [0.15, 0.2) is 0 Å². The number of hydrogen-bond acceptors (Lipinski definition) is 4. The molecular weight excluding hydrogens is 355 g/mol. The SMILES string of the molecule is O=C(NCCCSc1ccc(F)cc1)C1CC(=O)N(Cc2ccco2)C1. The maximum Gasteiger partial charge on any atom is 0.225 e. The average molecular weight is 376 g/mol. The third kappa shape index (κ3) is 5.11. The lowest BCUT2D eigenvalue weighted by Gasteiger charge is -2.15. The van der Waals surface area contributed by atoms with Crippen LogP contribution in [0.3, 0.4) is 0 Å². The Bertz CT molecular complexity index is 734. The van der Waals surface area contributed by atoms with E-state index in [4.69, 9.17) is 4.42 Å². The summed E-state index contributed by atoms with van der Waals surface area (Å²) in [5.74, 6) is 0.911. The summed E-state index contributed by atoms with van der Waals surface area (Å²) in [5, 5.41) is 2.91. The van der Waals surface area contributed by atoms with E-state index >= 15 is 0 Å².